The molecule has 15 nitrogen and oxygen atoms in total. The van der Waals surface area contributed by atoms with Crippen molar-refractivity contribution in [3.63, 3.8) is 0 Å². The van der Waals surface area contributed by atoms with Crippen LogP contribution < -0.4 is 0 Å². The molecule has 0 bridgehead atoms. The molecule has 3 aliphatic rings. The lowest BCUT2D eigenvalue weighted by molar-refractivity contribution is -0.319. The van der Waals surface area contributed by atoms with Crippen molar-refractivity contribution in [3.05, 3.63) is 24.3 Å². The lowest BCUT2D eigenvalue weighted by atomic mass is 9.74. The number of ketones is 1. The van der Waals surface area contributed by atoms with E-state index in [1.165, 1.54) is 40.2 Å². The van der Waals surface area contributed by atoms with Crippen molar-refractivity contribution in [3.8, 4) is 0 Å². The Balaban J connectivity index is 1.95. The lowest BCUT2D eigenvalue weighted by Crippen LogP contribution is -2.61. The second kappa shape index (κ2) is 29.0. The minimum atomic E-state index is -2.02. The highest BCUT2D eigenvalue weighted by molar-refractivity contribution is 5.83. The Hall–Kier alpha value is -2.31. The maximum absolute atomic E-state index is 14.4. The van der Waals surface area contributed by atoms with Crippen molar-refractivity contribution < 1.29 is 68.0 Å². The summed E-state index contributed by atoms with van der Waals surface area (Å²) in [5.41, 5.74) is -4.96. The maximum atomic E-state index is 14.4. The summed E-state index contributed by atoms with van der Waals surface area (Å²) in [6, 6.07) is -0.334. The van der Waals surface area contributed by atoms with Crippen molar-refractivity contribution >= 4 is 17.7 Å². The van der Waals surface area contributed by atoms with Gasteiger partial charge in [0.2, 0.25) is 0 Å². The minimum Gasteiger partial charge on any atom is -0.459 e. The van der Waals surface area contributed by atoms with Crippen LogP contribution in [-0.2, 0) is 47.5 Å². The van der Waals surface area contributed by atoms with Crippen molar-refractivity contribution in [1.29, 1.82) is 0 Å². The SMILES string of the molecule is CCCCC/C=C\C/C=C\CCCCCCCC(=O)O[C@H]1[C@H](OC2[C@@H](C)[C@H](O[C@H]3C[C@@](C)(OC)[C@@H](O)[C@H](C)O3)[C@@H](C)C(=O)O[C@H](CC)[C@@](C)(O)[C@H](O)[C@@H](C)C(=O)[C@H](C)C[C@@]2(C)O)O[C@H](C)C[C@@H]1N(C)C. The van der Waals surface area contributed by atoms with E-state index in [1.54, 1.807) is 48.5 Å². The number of likely N-dealkylation sites (N-methyl/N-ethyl adjacent to an activating group) is 1. The van der Waals surface area contributed by atoms with Gasteiger partial charge in [0.25, 0.3) is 0 Å². The van der Waals surface area contributed by atoms with Gasteiger partial charge in [-0.15, -0.1) is 0 Å². The molecular formula is C55H97NO14. The van der Waals surface area contributed by atoms with Crippen LogP contribution >= 0.6 is 0 Å². The molecule has 0 aromatic rings. The normalized spacial score (nSPS) is 39.6. The van der Waals surface area contributed by atoms with E-state index in [4.69, 9.17) is 33.2 Å². The molecule has 3 fully saturated rings. The number of unbranched alkanes of at least 4 members (excludes halogenated alkanes) is 8. The number of aliphatic hydroxyl groups is 4. The summed E-state index contributed by atoms with van der Waals surface area (Å²) in [6.07, 6.45) is 10.9. The molecule has 3 saturated heterocycles. The smallest absolute Gasteiger partial charge is 0.311 e. The first kappa shape index (κ1) is 62.0. The number of methoxy groups -OCH3 is 1. The highest BCUT2D eigenvalue weighted by atomic mass is 16.7. The molecular weight excluding hydrogens is 899 g/mol. The van der Waals surface area contributed by atoms with Crippen molar-refractivity contribution in [2.45, 2.75) is 263 Å². The first-order valence-electron chi connectivity index (χ1n) is 26.7. The molecule has 0 aromatic heterocycles. The summed E-state index contributed by atoms with van der Waals surface area (Å²) < 4.78 is 44.6. The average molecular weight is 996 g/mol. The Morgan fingerprint density at radius 1 is 0.786 bits per heavy atom. The minimum absolute atomic E-state index is 0.0737. The van der Waals surface area contributed by atoms with Gasteiger partial charge >= 0.3 is 11.9 Å². The van der Waals surface area contributed by atoms with Gasteiger partial charge in [0.05, 0.1) is 53.7 Å². The fourth-order valence-electron chi connectivity index (χ4n) is 10.8. The van der Waals surface area contributed by atoms with Gasteiger partial charge in [0, 0.05) is 37.7 Å². The second-order valence-corrected chi connectivity index (χ2v) is 21.9. The van der Waals surface area contributed by atoms with E-state index in [-0.39, 0.29) is 37.8 Å². The van der Waals surface area contributed by atoms with Crippen molar-refractivity contribution in [2.24, 2.45) is 23.7 Å². The third-order valence-electron chi connectivity index (χ3n) is 15.4. The molecule has 3 aliphatic heterocycles. The molecule has 70 heavy (non-hydrogen) atoms. The van der Waals surface area contributed by atoms with E-state index < -0.39 is 114 Å². The van der Waals surface area contributed by atoms with Crippen LogP contribution in [0.25, 0.3) is 0 Å². The lowest BCUT2D eigenvalue weighted by Gasteiger charge is -2.49. The van der Waals surface area contributed by atoms with Gasteiger partial charge in [-0.2, -0.15) is 0 Å². The van der Waals surface area contributed by atoms with E-state index in [1.807, 2.05) is 25.9 Å². The summed E-state index contributed by atoms with van der Waals surface area (Å²) >= 11 is 0. The molecule has 0 saturated carbocycles. The van der Waals surface area contributed by atoms with E-state index in [2.05, 4.69) is 31.2 Å². The highest BCUT2D eigenvalue weighted by Crippen LogP contribution is 2.41. The number of carbonyl (C=O) groups excluding carboxylic acids is 3. The van der Waals surface area contributed by atoms with Crippen LogP contribution in [0.4, 0.5) is 0 Å². The van der Waals surface area contributed by atoms with Gasteiger partial charge in [0.1, 0.15) is 23.6 Å². The summed E-state index contributed by atoms with van der Waals surface area (Å²) in [5.74, 6) is -5.55. The number of Topliss-reactive ketones (excluding diaryl/α,β-unsaturated/α-hetero) is 1. The number of carbonyl (C=O) groups is 3. The molecule has 1 unspecified atom stereocenters. The Morgan fingerprint density at radius 2 is 1.40 bits per heavy atom. The van der Waals surface area contributed by atoms with Gasteiger partial charge in [-0.3, -0.25) is 14.4 Å². The van der Waals surface area contributed by atoms with Crippen LogP contribution in [-0.4, -0.2) is 149 Å². The van der Waals surface area contributed by atoms with E-state index in [0.29, 0.717) is 12.8 Å². The fourth-order valence-corrected chi connectivity index (χ4v) is 10.8. The Kier molecular flexibility index (Phi) is 25.6. The Bertz CT molecular complexity index is 1640. The van der Waals surface area contributed by atoms with Crippen LogP contribution in [0, 0.1) is 23.7 Å². The first-order chi connectivity index (χ1) is 32.9. The standard InChI is InChI=1S/C55H97NO14/c1-15-17-18-19-20-21-22-23-24-25-26-27-28-29-30-31-43(57)68-47-41(56(12)13)32-36(4)65-52(47)70-50-38(6)46(69-44-34-54(10,64-14)49(60)40(8)66-44)39(7)51(61)67-42(16-2)55(11,63)48(59)37(5)45(58)35(3)33-53(50,9)62/h20-21,23-24,35-42,44,46-50,52,59-60,62-63H,15-19,22,25-34H2,1-14H3/b21-20-,24-23-/t35-,36-,37+,38+,39-,40+,41+,42-,44+,46+,47-,48-,49+,50?,52+,53-,54-,55-/m1/s1. The third kappa shape index (κ3) is 17.4. The highest BCUT2D eigenvalue weighted by Gasteiger charge is 2.54. The Morgan fingerprint density at radius 3 is 2.00 bits per heavy atom. The zero-order valence-corrected chi connectivity index (χ0v) is 45.6. The molecule has 4 N–H and O–H groups in total. The second-order valence-electron chi connectivity index (χ2n) is 21.9. The average Bonchev–Trinajstić information content (AvgIpc) is 3.30. The van der Waals surface area contributed by atoms with Gasteiger partial charge < -0.3 is 58.5 Å². The summed E-state index contributed by atoms with van der Waals surface area (Å²) in [7, 11) is 5.29. The molecule has 18 atom stereocenters. The van der Waals surface area contributed by atoms with Crippen LogP contribution in [0.1, 0.15) is 179 Å². The number of aliphatic hydroxyl groups excluding tert-OH is 2. The van der Waals surface area contributed by atoms with Crippen molar-refractivity contribution in [2.75, 3.05) is 21.2 Å². The van der Waals surface area contributed by atoms with Crippen molar-refractivity contribution in [1.82, 2.24) is 4.90 Å². The van der Waals surface area contributed by atoms with Gasteiger partial charge in [-0.1, -0.05) is 91.0 Å². The first-order valence-corrected chi connectivity index (χ1v) is 26.7. The zero-order chi connectivity index (χ0) is 52.6. The Labute approximate surface area is 421 Å². The zero-order valence-electron chi connectivity index (χ0n) is 45.6. The molecule has 0 aliphatic carbocycles. The summed E-state index contributed by atoms with van der Waals surface area (Å²) in [4.78, 5) is 44.3. The van der Waals surface area contributed by atoms with Crippen LogP contribution in [0.15, 0.2) is 24.3 Å². The number of allylic oxidation sites excluding steroid dienone is 4. The molecule has 15 heteroatoms. The number of hydrogen-bond acceptors (Lipinski definition) is 15. The molecule has 3 heterocycles. The third-order valence-corrected chi connectivity index (χ3v) is 15.4. The number of esters is 2. The molecule has 3 rings (SSSR count). The molecule has 406 valence electrons. The van der Waals surface area contributed by atoms with Crippen LogP contribution in [0.5, 0.6) is 0 Å². The predicted octanol–water partition coefficient (Wildman–Crippen LogP) is 8.15. The van der Waals surface area contributed by atoms with Gasteiger partial charge in [-0.25, -0.2) is 0 Å². The summed E-state index contributed by atoms with van der Waals surface area (Å²) in [5, 5.41) is 47.2. The number of nitrogens with zero attached hydrogens (tertiary/aromatic N) is 1. The number of ether oxygens (including phenoxy) is 7. The number of rotatable bonds is 22. The molecule has 0 aromatic carbocycles. The van der Waals surface area contributed by atoms with Crippen LogP contribution in [0.2, 0.25) is 0 Å². The van der Waals surface area contributed by atoms with E-state index >= 15 is 0 Å². The topological polar surface area (TPSA) is 200 Å². The molecule has 0 spiro atoms. The predicted molar refractivity (Wildman–Crippen MR) is 269 cm³/mol. The van der Waals surface area contributed by atoms with Crippen LogP contribution in [0.3, 0.4) is 0 Å². The fraction of sp³-hybridized carbons (Fsp3) is 0.873. The quantitative estimate of drug-likeness (QED) is 0.0460. The molecule has 0 amide bonds. The number of hydrogen-bond donors (Lipinski definition) is 4. The van der Waals surface area contributed by atoms with Gasteiger partial charge in [0.15, 0.2) is 18.7 Å². The molecule has 0 radical (unpaired) electrons. The van der Waals surface area contributed by atoms with E-state index in [0.717, 1.165) is 44.9 Å². The van der Waals surface area contributed by atoms with Gasteiger partial charge in [-0.05, 0) is 113 Å². The summed E-state index contributed by atoms with van der Waals surface area (Å²) in [6.45, 7) is 18.7. The maximum Gasteiger partial charge on any atom is 0.311 e. The largest absolute Gasteiger partial charge is 0.459 e. The van der Waals surface area contributed by atoms with E-state index in [9.17, 15) is 34.8 Å². The monoisotopic (exact) mass is 996 g/mol. The number of cyclic esters (lactones) is 1.